The number of rotatable bonds is 8. The summed E-state index contributed by atoms with van der Waals surface area (Å²) in [5.41, 5.74) is 9.35. The number of carboxylic acid groups (broad SMARTS) is 1. The summed E-state index contributed by atoms with van der Waals surface area (Å²) in [4.78, 5) is 41.7. The fourth-order valence-electron chi connectivity index (χ4n) is 10.8. The van der Waals surface area contributed by atoms with E-state index in [4.69, 9.17) is 15.6 Å². The van der Waals surface area contributed by atoms with E-state index < -0.39 is 11.4 Å². The minimum Gasteiger partial charge on any atom is -0.481 e. The maximum absolute atomic E-state index is 13.4. The van der Waals surface area contributed by atoms with Crippen LogP contribution >= 0.6 is 0 Å². The summed E-state index contributed by atoms with van der Waals surface area (Å²) in [7, 11) is 0. The molecule has 6 aliphatic carbocycles. The Morgan fingerprint density at radius 3 is 1.73 bits per heavy atom. The van der Waals surface area contributed by atoms with E-state index in [1.165, 1.54) is 0 Å². The topological polar surface area (TPSA) is 229 Å². The molecule has 4 bridgehead atoms. The lowest BCUT2D eigenvalue weighted by atomic mass is 9.34. The third-order valence-electron chi connectivity index (χ3n) is 13.7. The molecule has 0 radical (unpaired) electrons. The molecule has 6 fully saturated rings. The summed E-state index contributed by atoms with van der Waals surface area (Å²) < 4.78 is 3.96. The van der Waals surface area contributed by atoms with Crippen molar-refractivity contribution in [3.05, 3.63) is 107 Å². The zero-order valence-corrected chi connectivity index (χ0v) is 34.9. The van der Waals surface area contributed by atoms with Crippen molar-refractivity contribution in [2.75, 3.05) is 0 Å². The average Bonchev–Trinajstić information content (AvgIpc) is 4.08. The van der Waals surface area contributed by atoms with Crippen LogP contribution < -0.4 is 5.43 Å². The van der Waals surface area contributed by atoms with Gasteiger partial charge >= 0.3 is 5.97 Å². The molecule has 14 rings (SSSR count). The van der Waals surface area contributed by atoms with Crippen LogP contribution in [0.2, 0.25) is 0 Å². The monoisotopic (exact) mass is 840 g/mol. The molecule has 6 saturated carbocycles. The first-order chi connectivity index (χ1) is 30.4. The van der Waals surface area contributed by atoms with Gasteiger partial charge in [0.2, 0.25) is 5.91 Å². The molecule has 2 N–H and O–H groups in total. The number of hydrogen-bond donors (Lipinski definition) is 2. The quantitative estimate of drug-likeness (QED) is 0.177. The van der Waals surface area contributed by atoms with E-state index in [1.54, 1.807) is 48.3 Å². The van der Waals surface area contributed by atoms with Crippen molar-refractivity contribution in [2.24, 2.45) is 31.9 Å². The smallest absolute Gasteiger partial charge is 0.309 e. The van der Waals surface area contributed by atoms with Crippen molar-refractivity contribution in [1.29, 1.82) is 10.5 Å². The zero-order valence-electron chi connectivity index (χ0n) is 34.9. The fourth-order valence-corrected chi connectivity index (χ4v) is 10.8. The Morgan fingerprint density at radius 1 is 0.714 bits per heavy atom. The van der Waals surface area contributed by atoms with Crippen LogP contribution in [0.25, 0.3) is 21.8 Å². The molecule has 0 saturated heterocycles. The lowest BCUT2D eigenvalue weighted by Gasteiger charge is -2.69. The van der Waals surface area contributed by atoms with Crippen LogP contribution in [0.1, 0.15) is 97.4 Å². The predicted octanol–water partition coefficient (Wildman–Crippen LogP) is 6.10. The largest absolute Gasteiger partial charge is 0.481 e. The van der Waals surface area contributed by atoms with Crippen molar-refractivity contribution >= 4 is 46.1 Å². The molecule has 4 aromatic heterocycles. The molecule has 17 heteroatoms. The van der Waals surface area contributed by atoms with E-state index in [0.717, 1.165) is 103 Å². The van der Waals surface area contributed by atoms with Crippen molar-refractivity contribution in [2.45, 2.75) is 90.4 Å². The summed E-state index contributed by atoms with van der Waals surface area (Å²) in [6.07, 6.45) is 20.8. The van der Waals surface area contributed by atoms with E-state index in [2.05, 4.69) is 57.9 Å². The number of nitrogens with one attached hydrogen (secondary N) is 1. The SMILES string of the molecule is Cc1cnc(C2CC=NN2)cn1.Cc1cnc(C2CC=NN2C(=O)C23CC(Cn4ncc5cc(C#N)ccc54)(C2)C3)cn1.N#Cc1ccc2c(cnn2CC23CC(C(=O)O)(C2)C3)c1. The van der Waals surface area contributed by atoms with E-state index in [-0.39, 0.29) is 34.2 Å². The fraction of sp³-hybridized carbons (Fsp3) is 0.391. The van der Waals surface area contributed by atoms with Crippen LogP contribution in [0.3, 0.4) is 0 Å². The van der Waals surface area contributed by atoms with Crippen molar-refractivity contribution in [3.8, 4) is 12.1 Å². The van der Waals surface area contributed by atoms with Crippen LogP contribution in [-0.2, 0) is 22.7 Å². The number of aromatic nitrogens is 8. The van der Waals surface area contributed by atoms with Gasteiger partial charge in [0, 0.05) is 61.5 Å². The number of aryl methyl sites for hydroxylation is 2. The van der Waals surface area contributed by atoms with E-state index in [0.29, 0.717) is 17.5 Å². The molecule has 2 aliphatic heterocycles. The Balaban J connectivity index is 0.000000125. The second-order valence-electron chi connectivity index (χ2n) is 18.4. The molecular formula is C46H44N14O3. The number of nitrogens with zero attached hydrogens (tertiary/aromatic N) is 13. The Hall–Kier alpha value is -7.40. The number of benzene rings is 2. The Labute approximate surface area is 362 Å². The number of hydrazone groups is 2. The van der Waals surface area contributed by atoms with Gasteiger partial charge in [0.1, 0.15) is 6.04 Å². The molecule has 316 valence electrons. The molecule has 1 amide bonds. The molecule has 6 aromatic rings. The Bertz CT molecular complexity index is 2890. The number of carbonyl (C=O) groups excluding carboxylic acids is 1. The molecule has 63 heavy (non-hydrogen) atoms. The van der Waals surface area contributed by atoms with Gasteiger partial charge in [0.15, 0.2) is 0 Å². The lowest BCUT2D eigenvalue weighted by molar-refractivity contribution is -0.227. The number of nitriles is 2. The highest BCUT2D eigenvalue weighted by atomic mass is 16.4. The summed E-state index contributed by atoms with van der Waals surface area (Å²) >= 11 is 0. The Morgan fingerprint density at radius 2 is 1.25 bits per heavy atom. The third kappa shape index (κ3) is 6.93. The van der Waals surface area contributed by atoms with Crippen LogP contribution in [0, 0.1) is 58.2 Å². The van der Waals surface area contributed by atoms with Crippen molar-refractivity contribution in [3.63, 3.8) is 0 Å². The number of carbonyl (C=O) groups is 2. The normalized spacial score (nSPS) is 27.5. The maximum Gasteiger partial charge on any atom is 0.309 e. The Kier molecular flexibility index (Phi) is 9.39. The summed E-state index contributed by atoms with van der Waals surface area (Å²) in [6, 6.07) is 15.5. The van der Waals surface area contributed by atoms with Gasteiger partial charge in [-0.2, -0.15) is 30.9 Å². The molecule has 0 spiro atoms. The minimum atomic E-state index is -0.650. The maximum atomic E-state index is 13.4. The van der Waals surface area contributed by atoms with Gasteiger partial charge in [0.05, 0.1) is 98.7 Å². The van der Waals surface area contributed by atoms with Gasteiger partial charge in [-0.05, 0) is 99.6 Å². The van der Waals surface area contributed by atoms with Gasteiger partial charge in [-0.15, -0.1) is 0 Å². The molecule has 2 aromatic carbocycles. The number of fused-ring (bicyclic) bond motifs is 2. The highest BCUT2D eigenvalue weighted by Gasteiger charge is 2.73. The third-order valence-corrected chi connectivity index (χ3v) is 13.7. The van der Waals surface area contributed by atoms with Gasteiger partial charge in [0.25, 0.3) is 0 Å². The average molecular weight is 841 g/mol. The number of amides is 1. The molecule has 8 aliphatic rings. The van der Waals surface area contributed by atoms with Gasteiger partial charge in [-0.3, -0.25) is 38.9 Å². The second-order valence-corrected chi connectivity index (χ2v) is 18.4. The van der Waals surface area contributed by atoms with Crippen LogP contribution in [-0.4, -0.2) is 73.9 Å². The molecular weight excluding hydrogens is 797 g/mol. The second kappa shape index (κ2) is 14.9. The first-order valence-electron chi connectivity index (χ1n) is 21.1. The minimum absolute atomic E-state index is 0.111. The van der Waals surface area contributed by atoms with Crippen molar-refractivity contribution in [1.82, 2.24) is 49.9 Å². The highest BCUT2D eigenvalue weighted by molar-refractivity contribution is 5.88. The van der Waals surface area contributed by atoms with E-state index >= 15 is 0 Å². The first kappa shape index (κ1) is 39.7. The van der Waals surface area contributed by atoms with Gasteiger partial charge in [-0.1, -0.05) is 0 Å². The number of hydrogen-bond acceptors (Lipinski definition) is 13. The molecule has 2 atom stereocenters. The first-order valence-corrected chi connectivity index (χ1v) is 21.1. The molecule has 17 nitrogen and oxygen atoms in total. The summed E-state index contributed by atoms with van der Waals surface area (Å²) in [5.74, 6) is -0.539. The highest BCUT2D eigenvalue weighted by Crippen LogP contribution is 2.75. The van der Waals surface area contributed by atoms with E-state index in [1.807, 2.05) is 66.0 Å². The standard InChI is InChI=1S/C23H21N7O.C15H13N3O2.C8H10N4/c1-15-8-26-18(10-25-15)20-4-5-27-30(20)21(31)23-11-22(12-23,13-23)14-29-19-3-2-16(7-24)6-17(19)9-28-29;16-4-10-1-2-12-11(3-10)5-17-18(12)9-14-6-15(7-14,8-14)13(19)20;1-6-4-10-8(5-9-6)7-2-3-11-12-7/h2-3,5-6,8-10,20H,4,11-14H2,1H3;1-3,5H,6-9H2,(H,19,20);3-5,7,12H,2H2,1H3. The molecule has 6 heterocycles. The van der Waals surface area contributed by atoms with Crippen LogP contribution in [0.4, 0.5) is 0 Å². The summed E-state index contributed by atoms with van der Waals surface area (Å²) in [6.45, 7) is 5.40. The lowest BCUT2D eigenvalue weighted by Crippen LogP contribution is -2.68. The van der Waals surface area contributed by atoms with Crippen molar-refractivity contribution < 1.29 is 14.7 Å². The van der Waals surface area contributed by atoms with Gasteiger partial charge < -0.3 is 10.5 Å². The predicted molar refractivity (Wildman–Crippen MR) is 229 cm³/mol. The van der Waals surface area contributed by atoms with E-state index in [9.17, 15) is 9.59 Å². The summed E-state index contributed by atoms with van der Waals surface area (Å²) in [5, 5.41) is 47.9. The zero-order chi connectivity index (χ0) is 43.6. The van der Waals surface area contributed by atoms with Crippen LogP contribution in [0.5, 0.6) is 0 Å². The number of aliphatic carboxylic acids is 1. The van der Waals surface area contributed by atoms with Crippen LogP contribution in [0.15, 0.2) is 83.8 Å². The number of carboxylic acids is 1. The van der Waals surface area contributed by atoms with Gasteiger partial charge in [-0.25, -0.2) is 5.01 Å². The molecule has 2 unspecified atom stereocenters.